The Morgan fingerprint density at radius 3 is 1.64 bits per heavy atom. The number of hydrogen-bond donors (Lipinski definition) is 11. The van der Waals surface area contributed by atoms with Crippen LogP contribution in [0.3, 0.4) is 0 Å². The monoisotopic (exact) mass is 621 g/mol. The van der Waals surface area contributed by atoms with Crippen LogP contribution in [0, 0.1) is 5.92 Å². The van der Waals surface area contributed by atoms with Gasteiger partial charge in [0.15, 0.2) is 0 Å². The van der Waals surface area contributed by atoms with Crippen molar-refractivity contribution in [3.05, 3.63) is 0 Å². The van der Waals surface area contributed by atoms with Gasteiger partial charge in [-0.25, -0.2) is 4.79 Å². The zero-order valence-electron chi connectivity index (χ0n) is 23.6. The molecule has 12 N–H and O–H groups in total. The maximum Gasteiger partial charge on any atom is 0.326 e. The average molecular weight is 622 g/mol. The molecule has 0 bridgehead atoms. The molecule has 0 unspecified atom stereocenters. The molecule has 0 heterocycles. The molecule has 18 heteroatoms. The van der Waals surface area contributed by atoms with Gasteiger partial charge in [0.2, 0.25) is 29.5 Å². The van der Waals surface area contributed by atoms with Crippen LogP contribution in [0.5, 0.6) is 0 Å². The minimum absolute atomic E-state index is 0.0465. The molecule has 42 heavy (non-hydrogen) atoms. The van der Waals surface area contributed by atoms with Crippen LogP contribution in [0.2, 0.25) is 0 Å². The summed E-state index contributed by atoms with van der Waals surface area (Å²) in [6.07, 6.45) is -0.0664. The number of carbonyl (C=O) groups excluding carboxylic acids is 5. The maximum absolute atomic E-state index is 13.2. The first-order valence-corrected chi connectivity index (χ1v) is 13.9. The number of carboxylic acid groups (broad SMARTS) is 2. The predicted molar refractivity (Wildman–Crippen MR) is 152 cm³/mol. The summed E-state index contributed by atoms with van der Waals surface area (Å²) in [7, 11) is 0. The third-order valence-corrected chi connectivity index (χ3v) is 6.29. The molecule has 0 aliphatic carbocycles. The number of aliphatic hydroxyl groups is 1. The zero-order valence-corrected chi connectivity index (χ0v) is 24.5. The summed E-state index contributed by atoms with van der Waals surface area (Å²) in [6.45, 7) is 2.13. The highest BCUT2D eigenvalue weighted by atomic mass is 32.1. The lowest BCUT2D eigenvalue weighted by atomic mass is 10.0. The lowest BCUT2D eigenvalue weighted by Crippen LogP contribution is -2.59. The van der Waals surface area contributed by atoms with Gasteiger partial charge < -0.3 is 53.4 Å². The van der Waals surface area contributed by atoms with E-state index in [1.54, 1.807) is 13.8 Å². The Hall–Kier alpha value is -3.48. The van der Waals surface area contributed by atoms with Gasteiger partial charge in [-0.15, -0.1) is 0 Å². The molecule has 17 nitrogen and oxygen atoms in total. The largest absolute Gasteiger partial charge is 0.481 e. The van der Waals surface area contributed by atoms with E-state index in [1.807, 2.05) is 0 Å². The number of carbonyl (C=O) groups is 7. The van der Waals surface area contributed by atoms with Crippen molar-refractivity contribution < 1.29 is 48.9 Å². The Labute approximate surface area is 248 Å². The van der Waals surface area contributed by atoms with Gasteiger partial charge in [-0.05, 0) is 38.1 Å². The van der Waals surface area contributed by atoms with Crippen molar-refractivity contribution >= 4 is 54.1 Å². The van der Waals surface area contributed by atoms with Crippen molar-refractivity contribution in [1.29, 1.82) is 0 Å². The summed E-state index contributed by atoms with van der Waals surface area (Å²) in [5.41, 5.74) is 10.7. The first kappa shape index (κ1) is 38.5. The smallest absolute Gasteiger partial charge is 0.326 e. The van der Waals surface area contributed by atoms with E-state index in [4.69, 9.17) is 16.6 Å². The molecule has 0 aliphatic heterocycles. The fraction of sp³-hybridized carbons (Fsp3) is 0.708. The topological polar surface area (TPSA) is 292 Å². The molecule has 0 spiro atoms. The molecule has 0 saturated carbocycles. The van der Waals surface area contributed by atoms with Crippen LogP contribution in [-0.4, -0.2) is 112 Å². The highest BCUT2D eigenvalue weighted by Crippen LogP contribution is 2.07. The summed E-state index contributed by atoms with van der Waals surface area (Å²) < 4.78 is 0. The second kappa shape index (κ2) is 20.4. The lowest BCUT2D eigenvalue weighted by Gasteiger charge is -2.26. The fourth-order valence-corrected chi connectivity index (χ4v) is 3.78. The van der Waals surface area contributed by atoms with Gasteiger partial charge in [-0.1, -0.05) is 13.8 Å². The minimum Gasteiger partial charge on any atom is -0.481 e. The lowest BCUT2D eigenvalue weighted by molar-refractivity contribution is -0.143. The van der Waals surface area contributed by atoms with Gasteiger partial charge in [0.1, 0.15) is 30.2 Å². The number of aliphatic carboxylic acids is 2. The number of amides is 5. The molecule has 240 valence electrons. The maximum atomic E-state index is 13.2. The highest BCUT2D eigenvalue weighted by molar-refractivity contribution is 7.80. The molecular weight excluding hydrogens is 578 g/mol. The standard InChI is InChI=1S/C24H43N7O10S/c1-12(2)19(24(40)41)31-23(39)16(11-42)30-20(36)13(5-3-4-8-25)28-21(37)14(6-7-18(34)35)29-22(38)15(10-32)27-17(33)9-26/h12-16,19,32,42H,3-11,25-26H2,1-2H3,(H,27,33)(H,28,37)(H,29,38)(H,30,36)(H,31,39)(H,34,35)(H,40,41)/t13-,14-,15-,16-,19-/m0/s1. The molecular formula is C24H43N7O10S. The Balaban J connectivity index is 5.84. The Morgan fingerprint density at radius 1 is 0.714 bits per heavy atom. The Morgan fingerprint density at radius 2 is 1.21 bits per heavy atom. The van der Waals surface area contributed by atoms with Crippen molar-refractivity contribution in [2.75, 3.05) is 25.4 Å². The number of rotatable bonds is 21. The van der Waals surface area contributed by atoms with Crippen LogP contribution >= 0.6 is 12.6 Å². The van der Waals surface area contributed by atoms with Gasteiger partial charge in [0, 0.05) is 12.2 Å². The van der Waals surface area contributed by atoms with E-state index in [2.05, 4.69) is 39.2 Å². The summed E-state index contributed by atoms with van der Waals surface area (Å²) >= 11 is 4.07. The molecule has 0 fully saturated rings. The molecule has 5 amide bonds. The molecule has 5 atom stereocenters. The number of hydrogen-bond acceptors (Lipinski definition) is 11. The van der Waals surface area contributed by atoms with Crippen LogP contribution in [0.15, 0.2) is 0 Å². The molecule has 0 radical (unpaired) electrons. The second-order valence-corrected chi connectivity index (χ2v) is 10.0. The molecule has 0 saturated heterocycles. The average Bonchev–Trinajstić information content (AvgIpc) is 2.93. The van der Waals surface area contributed by atoms with Gasteiger partial charge in [0.05, 0.1) is 13.2 Å². The van der Waals surface area contributed by atoms with Crippen LogP contribution < -0.4 is 38.1 Å². The Bertz CT molecular complexity index is 953. The quantitative estimate of drug-likeness (QED) is 0.0432. The third kappa shape index (κ3) is 14.4. The molecule has 0 aromatic rings. The van der Waals surface area contributed by atoms with Crippen molar-refractivity contribution in [3.8, 4) is 0 Å². The number of nitrogens with one attached hydrogen (secondary N) is 5. The number of nitrogens with two attached hydrogens (primary N) is 2. The SMILES string of the molecule is CC(C)[C@H](NC(=O)[C@H](CS)NC(=O)[C@H](CCCCN)NC(=O)[C@H](CCC(=O)O)NC(=O)[C@H](CO)NC(=O)CN)C(=O)O. The number of carboxylic acids is 2. The minimum atomic E-state index is -1.49. The normalized spacial score (nSPS) is 14.5. The first-order valence-electron chi connectivity index (χ1n) is 13.3. The fourth-order valence-electron chi connectivity index (χ4n) is 3.52. The molecule has 0 rings (SSSR count). The van der Waals surface area contributed by atoms with Crippen LogP contribution in [0.4, 0.5) is 0 Å². The van der Waals surface area contributed by atoms with Gasteiger partial charge in [0.25, 0.3) is 0 Å². The molecule has 0 aromatic heterocycles. The predicted octanol–water partition coefficient (Wildman–Crippen LogP) is -3.97. The zero-order chi connectivity index (χ0) is 32.4. The van der Waals surface area contributed by atoms with E-state index in [-0.39, 0.29) is 18.7 Å². The van der Waals surface area contributed by atoms with Gasteiger partial charge in [-0.3, -0.25) is 28.8 Å². The summed E-state index contributed by atoms with van der Waals surface area (Å²) in [5, 5.41) is 39.5. The Kier molecular flexibility index (Phi) is 18.7. The van der Waals surface area contributed by atoms with Crippen molar-refractivity contribution in [3.63, 3.8) is 0 Å². The summed E-state index contributed by atoms with van der Waals surface area (Å²) in [6, 6.07) is -6.75. The van der Waals surface area contributed by atoms with Crippen molar-refractivity contribution in [1.82, 2.24) is 26.6 Å². The van der Waals surface area contributed by atoms with E-state index < -0.39 is 104 Å². The summed E-state index contributed by atoms with van der Waals surface area (Å²) in [5.74, 6) is -7.56. The van der Waals surface area contributed by atoms with Crippen LogP contribution in [0.1, 0.15) is 46.0 Å². The van der Waals surface area contributed by atoms with Crippen molar-refractivity contribution in [2.24, 2.45) is 17.4 Å². The number of aliphatic hydroxyl groups excluding tert-OH is 1. The molecule has 0 aromatic carbocycles. The van der Waals surface area contributed by atoms with Gasteiger partial charge in [-0.2, -0.15) is 12.6 Å². The van der Waals surface area contributed by atoms with Crippen LogP contribution in [-0.2, 0) is 33.6 Å². The van der Waals surface area contributed by atoms with E-state index >= 15 is 0 Å². The van der Waals surface area contributed by atoms with E-state index in [9.17, 15) is 43.8 Å². The number of unbranched alkanes of at least 4 members (excludes halogenated alkanes) is 1. The van der Waals surface area contributed by atoms with E-state index in [0.717, 1.165) is 0 Å². The van der Waals surface area contributed by atoms with E-state index in [1.165, 1.54) is 0 Å². The van der Waals surface area contributed by atoms with Crippen molar-refractivity contribution in [2.45, 2.75) is 76.2 Å². The van der Waals surface area contributed by atoms with Gasteiger partial charge >= 0.3 is 11.9 Å². The summed E-state index contributed by atoms with van der Waals surface area (Å²) in [4.78, 5) is 85.8. The third-order valence-electron chi connectivity index (χ3n) is 5.93. The van der Waals surface area contributed by atoms with E-state index in [0.29, 0.717) is 12.8 Å². The second-order valence-electron chi connectivity index (χ2n) is 9.66. The van der Waals surface area contributed by atoms with Crippen LogP contribution in [0.25, 0.3) is 0 Å². The number of thiol groups is 1. The molecule has 0 aliphatic rings. The first-order chi connectivity index (χ1) is 19.7. The highest BCUT2D eigenvalue weighted by Gasteiger charge is 2.32.